The number of Topliss-reactive ketones (excluding diaryl/α,β-unsaturated/α-hetero) is 1. The summed E-state index contributed by atoms with van der Waals surface area (Å²) in [6.45, 7) is 14.4. The molecule has 0 saturated carbocycles. The minimum absolute atomic E-state index is 0.143. The van der Waals surface area contributed by atoms with Crippen molar-refractivity contribution in [1.82, 2.24) is 9.55 Å². The molecule has 183 valence electrons. The minimum atomic E-state index is -0.538. The Balaban J connectivity index is 2.10. The van der Waals surface area contributed by atoms with Crippen LogP contribution in [0.4, 0.5) is 0 Å². The number of carbonyl (C=O) groups is 1. The van der Waals surface area contributed by atoms with Gasteiger partial charge in [-0.25, -0.2) is 4.79 Å². The number of hydrogen-bond donors (Lipinski definition) is 1. The van der Waals surface area contributed by atoms with Crippen LogP contribution in [0, 0.1) is 5.41 Å². The van der Waals surface area contributed by atoms with E-state index < -0.39 is 22.1 Å². The third-order valence-electron chi connectivity index (χ3n) is 6.70. The molecule has 0 saturated heterocycles. The monoisotopic (exact) mass is 473 g/mol. The zero-order valence-electron chi connectivity index (χ0n) is 21.6. The maximum absolute atomic E-state index is 13.7. The standard InChI is InChI=1S/C29H33N2O4/c1-8-9-10-31-15-20(26(34)30-27(31)35)16-11-18-23-17(13-21(24(18)32)28(2,3)4)14-22(29(5,6)7)25(33)19(23)12-16/h11-15H,8-10H2,1-7H3,(H,30,34,35). The van der Waals surface area contributed by atoms with E-state index in [4.69, 9.17) is 0 Å². The Kier molecular flexibility index (Phi) is 5.90. The van der Waals surface area contributed by atoms with E-state index in [-0.39, 0.29) is 17.1 Å². The fraction of sp³-hybridized carbons (Fsp3) is 0.414. The van der Waals surface area contributed by atoms with Crippen LogP contribution in [0.1, 0.15) is 82.8 Å². The van der Waals surface area contributed by atoms with E-state index in [0.717, 1.165) is 18.4 Å². The van der Waals surface area contributed by atoms with Gasteiger partial charge in [-0.1, -0.05) is 54.9 Å². The molecule has 1 aliphatic rings. The van der Waals surface area contributed by atoms with E-state index in [2.05, 4.69) is 4.98 Å². The second kappa shape index (κ2) is 8.36. The Morgan fingerprint density at radius 2 is 1.60 bits per heavy atom. The van der Waals surface area contributed by atoms with E-state index in [1.54, 1.807) is 12.1 Å². The molecule has 35 heavy (non-hydrogen) atoms. The molecule has 4 rings (SSSR count). The van der Waals surface area contributed by atoms with E-state index in [1.165, 1.54) is 10.8 Å². The molecule has 1 aromatic heterocycles. The fourth-order valence-electron chi connectivity index (χ4n) is 4.71. The van der Waals surface area contributed by atoms with Gasteiger partial charge in [0, 0.05) is 40.2 Å². The second-order valence-corrected chi connectivity index (χ2v) is 11.5. The molecule has 0 amide bonds. The van der Waals surface area contributed by atoms with Gasteiger partial charge in [-0.3, -0.25) is 24.2 Å². The molecule has 0 aliphatic heterocycles. The number of hydrogen-bond acceptors (Lipinski definition) is 3. The molecule has 6 heteroatoms. The van der Waals surface area contributed by atoms with Crippen molar-refractivity contribution in [3.63, 3.8) is 0 Å². The number of nitrogens with one attached hydrogen (secondary N) is 1. The fourth-order valence-corrected chi connectivity index (χ4v) is 4.71. The van der Waals surface area contributed by atoms with Gasteiger partial charge < -0.3 is 0 Å². The molecule has 1 heterocycles. The van der Waals surface area contributed by atoms with Crippen molar-refractivity contribution in [2.45, 2.75) is 73.3 Å². The van der Waals surface area contributed by atoms with Gasteiger partial charge in [-0.05, 0) is 52.7 Å². The highest BCUT2D eigenvalue weighted by Gasteiger charge is 2.33. The first kappa shape index (κ1) is 24.7. The Morgan fingerprint density at radius 1 is 0.914 bits per heavy atom. The maximum Gasteiger partial charge on any atom is 0.328 e. The van der Waals surface area contributed by atoms with Crippen LogP contribution in [-0.2, 0) is 17.1 Å². The minimum Gasteiger partial charge on any atom is -0.300 e. The summed E-state index contributed by atoms with van der Waals surface area (Å²) in [5.41, 5.74) is 1.49. The molecule has 1 radical (unpaired) electrons. The summed E-state index contributed by atoms with van der Waals surface area (Å²) in [7, 11) is 0. The van der Waals surface area contributed by atoms with Crippen molar-refractivity contribution in [3.05, 3.63) is 67.5 Å². The zero-order chi connectivity index (χ0) is 25.9. The highest BCUT2D eigenvalue weighted by atomic mass is 16.3. The van der Waals surface area contributed by atoms with Gasteiger partial charge >= 0.3 is 5.69 Å². The van der Waals surface area contributed by atoms with E-state index in [1.807, 2.05) is 60.6 Å². The highest BCUT2D eigenvalue weighted by molar-refractivity contribution is 6.24. The molecule has 0 atom stereocenters. The Labute approximate surface area is 205 Å². The maximum atomic E-state index is 13.7. The van der Waals surface area contributed by atoms with Crippen molar-refractivity contribution in [1.29, 1.82) is 0 Å². The summed E-state index contributed by atoms with van der Waals surface area (Å²) >= 11 is 0. The van der Waals surface area contributed by atoms with Crippen molar-refractivity contribution < 1.29 is 9.90 Å². The van der Waals surface area contributed by atoms with Gasteiger partial charge in [-0.15, -0.1) is 0 Å². The molecule has 6 nitrogen and oxygen atoms in total. The number of carbonyl (C=O) groups excluding carboxylic acids is 1. The molecule has 1 N–H and O–H groups in total. The van der Waals surface area contributed by atoms with Crippen LogP contribution in [-0.4, -0.2) is 15.3 Å². The number of unbranched alkanes of at least 4 members (excludes halogenated alkanes) is 1. The Hall–Kier alpha value is -3.41. The van der Waals surface area contributed by atoms with Gasteiger partial charge in [0.1, 0.15) is 0 Å². The van der Waals surface area contributed by atoms with Crippen molar-refractivity contribution >= 4 is 22.6 Å². The predicted octanol–water partition coefficient (Wildman–Crippen LogP) is 6.22. The van der Waals surface area contributed by atoms with Crippen LogP contribution in [0.3, 0.4) is 0 Å². The normalized spacial score (nSPS) is 13.9. The Morgan fingerprint density at radius 3 is 2.20 bits per heavy atom. The number of aromatic amines is 1. The lowest BCUT2D eigenvalue weighted by Crippen LogP contribution is -2.30. The van der Waals surface area contributed by atoms with E-state index in [0.29, 0.717) is 39.6 Å². The van der Waals surface area contributed by atoms with Gasteiger partial charge in [-0.2, -0.15) is 0 Å². The van der Waals surface area contributed by atoms with E-state index in [9.17, 15) is 19.5 Å². The molecular formula is C29H33N2O4. The van der Waals surface area contributed by atoms with Gasteiger partial charge in [0.15, 0.2) is 11.5 Å². The molecule has 0 spiro atoms. The number of rotatable bonds is 4. The number of ketones is 1. The van der Waals surface area contributed by atoms with Crippen molar-refractivity contribution in [3.8, 4) is 16.9 Å². The molecule has 1 aliphatic carbocycles. The molecule has 0 bridgehead atoms. The van der Waals surface area contributed by atoms with Crippen molar-refractivity contribution in [2.24, 2.45) is 5.41 Å². The first-order valence-corrected chi connectivity index (χ1v) is 12.2. The third-order valence-corrected chi connectivity index (χ3v) is 6.70. The van der Waals surface area contributed by atoms with Crippen LogP contribution in [0.5, 0.6) is 5.75 Å². The van der Waals surface area contributed by atoms with E-state index >= 15 is 0 Å². The van der Waals surface area contributed by atoms with Crippen LogP contribution in [0.15, 0.2) is 39.6 Å². The summed E-state index contributed by atoms with van der Waals surface area (Å²) in [6, 6.07) is 5.30. The first-order valence-electron chi connectivity index (χ1n) is 12.2. The number of allylic oxidation sites excluding steroid dienone is 1. The lowest BCUT2D eigenvalue weighted by molar-refractivity contribution is 0.101. The van der Waals surface area contributed by atoms with Crippen molar-refractivity contribution in [2.75, 3.05) is 0 Å². The van der Waals surface area contributed by atoms with Gasteiger partial charge in [0.05, 0.1) is 5.56 Å². The molecule has 3 aromatic rings. The molecule has 0 unspecified atom stereocenters. The van der Waals surface area contributed by atoms with Gasteiger partial charge in [0.2, 0.25) is 0 Å². The predicted molar refractivity (Wildman–Crippen MR) is 140 cm³/mol. The zero-order valence-corrected chi connectivity index (χ0v) is 21.6. The molecule has 0 fully saturated rings. The van der Waals surface area contributed by atoms with Gasteiger partial charge in [0.25, 0.3) is 5.56 Å². The summed E-state index contributed by atoms with van der Waals surface area (Å²) in [6.07, 6.45) is 5.13. The van der Waals surface area contributed by atoms with Crippen LogP contribution in [0.2, 0.25) is 0 Å². The number of nitrogens with zero attached hydrogens (tertiary/aromatic N) is 1. The Bertz CT molecular complexity index is 1510. The smallest absolute Gasteiger partial charge is 0.300 e. The molecule has 2 aromatic carbocycles. The summed E-state index contributed by atoms with van der Waals surface area (Å²) in [5, 5.41) is 14.7. The summed E-state index contributed by atoms with van der Waals surface area (Å²) < 4.78 is 1.48. The summed E-state index contributed by atoms with van der Waals surface area (Å²) in [4.78, 5) is 41.2. The lowest BCUT2D eigenvalue weighted by atomic mass is 9.74. The SMILES string of the molecule is CCCCn1cc(-c2cc3c4c(cc(C(C)(C)C)c([O])c4c2)C=C(C(C)(C)C)C3=O)c(=O)[nH]c1=O. The largest absolute Gasteiger partial charge is 0.328 e. The number of aromatic nitrogens is 2. The lowest BCUT2D eigenvalue weighted by Gasteiger charge is -2.29. The second-order valence-electron chi connectivity index (χ2n) is 11.5. The first-order chi connectivity index (χ1) is 16.2. The quantitative estimate of drug-likeness (QED) is 0.487. The van der Waals surface area contributed by atoms with Crippen LogP contribution < -0.4 is 11.2 Å². The highest BCUT2D eigenvalue weighted by Crippen LogP contribution is 2.46. The third kappa shape index (κ3) is 4.26. The average Bonchev–Trinajstić information content (AvgIpc) is 2.75. The average molecular weight is 474 g/mol. The number of aryl methyl sites for hydroxylation is 1. The van der Waals surface area contributed by atoms with Crippen LogP contribution >= 0.6 is 0 Å². The molecular weight excluding hydrogens is 440 g/mol. The number of H-pyrrole nitrogens is 1. The summed E-state index contributed by atoms with van der Waals surface area (Å²) in [5.74, 6) is -0.286. The van der Waals surface area contributed by atoms with Crippen LogP contribution in [0.25, 0.3) is 28.0 Å². The topological polar surface area (TPSA) is 91.8 Å². The number of benzene rings is 2.